The van der Waals surface area contributed by atoms with Crippen LogP contribution in [0.5, 0.6) is 0 Å². The van der Waals surface area contributed by atoms with Gasteiger partial charge in [-0.1, -0.05) is 6.08 Å². The van der Waals surface area contributed by atoms with E-state index in [1.54, 1.807) is 6.08 Å². The standard InChI is InChI=1S/C6H11NO2/c1-2-3-5(7)4-6(8)9/h2,5H,1,3-4,7H2,(H,8,9)/t5-/m1/s1. The fraction of sp³-hybridized carbons (Fsp3) is 0.500. The Bertz CT molecular complexity index is 112. The Morgan fingerprint density at radius 3 is 2.78 bits per heavy atom. The molecule has 0 aliphatic heterocycles. The number of rotatable bonds is 4. The first-order chi connectivity index (χ1) is 4.16. The Hall–Kier alpha value is -0.830. The molecule has 0 saturated heterocycles. The normalized spacial score (nSPS) is 12.6. The van der Waals surface area contributed by atoms with Crippen LogP contribution >= 0.6 is 0 Å². The molecule has 0 fully saturated rings. The predicted molar refractivity (Wildman–Crippen MR) is 31.1 cm³/mol. The van der Waals surface area contributed by atoms with Crippen molar-refractivity contribution in [1.29, 1.82) is 0 Å². The number of aliphatic carboxylic acids is 1. The lowest BCUT2D eigenvalue weighted by Crippen LogP contribution is -2.62. The maximum Gasteiger partial charge on any atom is 0.0931 e. The van der Waals surface area contributed by atoms with Crippen LogP contribution in [0.2, 0.25) is 0 Å². The highest BCUT2D eigenvalue weighted by molar-refractivity contribution is 5.64. The molecule has 3 heteroatoms. The van der Waals surface area contributed by atoms with Crippen LogP contribution in [-0.4, -0.2) is 12.0 Å². The van der Waals surface area contributed by atoms with Gasteiger partial charge in [0.05, 0.1) is 6.04 Å². The number of carbonyl (C=O) groups is 1. The molecule has 0 rings (SSSR count). The summed E-state index contributed by atoms with van der Waals surface area (Å²) >= 11 is 0. The summed E-state index contributed by atoms with van der Waals surface area (Å²) in [5, 5.41) is 9.90. The Morgan fingerprint density at radius 2 is 2.44 bits per heavy atom. The first-order valence-corrected chi connectivity index (χ1v) is 2.80. The van der Waals surface area contributed by atoms with Gasteiger partial charge >= 0.3 is 0 Å². The van der Waals surface area contributed by atoms with E-state index in [2.05, 4.69) is 12.3 Å². The molecular formula is C6H11NO2. The fourth-order valence-electron chi connectivity index (χ4n) is 0.555. The van der Waals surface area contributed by atoms with Crippen molar-refractivity contribution in [2.75, 3.05) is 0 Å². The minimum atomic E-state index is -1.04. The van der Waals surface area contributed by atoms with Crippen LogP contribution < -0.4 is 10.8 Å². The SMILES string of the molecule is C=CC[C@@H]([NH3+])CC(=O)[O-]. The zero-order valence-electron chi connectivity index (χ0n) is 5.30. The molecular weight excluding hydrogens is 118 g/mol. The van der Waals surface area contributed by atoms with E-state index >= 15 is 0 Å². The minimum absolute atomic E-state index is 0.0199. The number of carboxylic acid groups (broad SMARTS) is 1. The lowest BCUT2D eigenvalue weighted by molar-refractivity contribution is -0.422. The van der Waals surface area contributed by atoms with Crippen molar-refractivity contribution in [2.45, 2.75) is 18.9 Å². The van der Waals surface area contributed by atoms with Crippen LogP contribution in [0, 0.1) is 0 Å². The Kier molecular flexibility index (Phi) is 3.71. The van der Waals surface area contributed by atoms with Gasteiger partial charge in [-0.2, -0.15) is 0 Å². The van der Waals surface area contributed by atoms with Crippen LogP contribution in [0.3, 0.4) is 0 Å². The monoisotopic (exact) mass is 129 g/mol. The van der Waals surface area contributed by atoms with Gasteiger partial charge in [-0.05, 0) is 0 Å². The van der Waals surface area contributed by atoms with Crippen molar-refractivity contribution in [3.63, 3.8) is 0 Å². The molecule has 0 spiro atoms. The molecule has 52 valence electrons. The minimum Gasteiger partial charge on any atom is -0.550 e. The highest BCUT2D eigenvalue weighted by Crippen LogP contribution is 1.89. The largest absolute Gasteiger partial charge is 0.550 e. The summed E-state index contributed by atoms with van der Waals surface area (Å²) in [5.74, 6) is -1.04. The third-order valence-electron chi connectivity index (χ3n) is 0.955. The maximum atomic E-state index is 9.90. The average Bonchev–Trinajstić information content (AvgIpc) is 1.63. The van der Waals surface area contributed by atoms with Crippen molar-refractivity contribution < 1.29 is 15.6 Å². The smallest absolute Gasteiger partial charge is 0.0931 e. The number of hydrogen-bond acceptors (Lipinski definition) is 2. The highest BCUT2D eigenvalue weighted by Gasteiger charge is 2.01. The van der Waals surface area contributed by atoms with E-state index in [4.69, 9.17) is 0 Å². The molecule has 0 aliphatic rings. The van der Waals surface area contributed by atoms with Gasteiger partial charge in [0.25, 0.3) is 0 Å². The quantitative estimate of drug-likeness (QED) is 0.460. The zero-order valence-corrected chi connectivity index (χ0v) is 5.30. The first-order valence-electron chi connectivity index (χ1n) is 2.80. The lowest BCUT2D eigenvalue weighted by atomic mass is 10.1. The molecule has 0 amide bonds. The fourth-order valence-corrected chi connectivity index (χ4v) is 0.555. The third kappa shape index (κ3) is 5.03. The Morgan fingerprint density at radius 1 is 1.89 bits per heavy atom. The second-order valence-corrected chi connectivity index (χ2v) is 1.97. The second kappa shape index (κ2) is 4.09. The molecule has 0 radical (unpaired) electrons. The van der Waals surface area contributed by atoms with Gasteiger partial charge in [0.15, 0.2) is 0 Å². The van der Waals surface area contributed by atoms with Gasteiger partial charge in [0.2, 0.25) is 0 Å². The molecule has 3 N–H and O–H groups in total. The second-order valence-electron chi connectivity index (χ2n) is 1.97. The van der Waals surface area contributed by atoms with Crippen molar-refractivity contribution in [1.82, 2.24) is 0 Å². The van der Waals surface area contributed by atoms with Crippen molar-refractivity contribution in [3.8, 4) is 0 Å². The summed E-state index contributed by atoms with van der Waals surface area (Å²) in [6, 6.07) is -0.0903. The average molecular weight is 129 g/mol. The Balaban J connectivity index is 3.37. The highest BCUT2D eigenvalue weighted by atomic mass is 16.4. The molecule has 0 saturated carbocycles. The molecule has 0 unspecified atom stereocenters. The summed E-state index contributed by atoms with van der Waals surface area (Å²) < 4.78 is 0. The molecule has 9 heavy (non-hydrogen) atoms. The zero-order chi connectivity index (χ0) is 7.28. The van der Waals surface area contributed by atoms with Crippen molar-refractivity contribution in [2.24, 2.45) is 0 Å². The van der Waals surface area contributed by atoms with E-state index < -0.39 is 5.97 Å². The van der Waals surface area contributed by atoms with E-state index in [1.165, 1.54) is 0 Å². The number of carbonyl (C=O) groups excluding carboxylic acids is 1. The summed E-state index contributed by atoms with van der Waals surface area (Å²) in [7, 11) is 0. The topological polar surface area (TPSA) is 67.8 Å². The van der Waals surface area contributed by atoms with Gasteiger partial charge < -0.3 is 15.6 Å². The molecule has 0 aromatic carbocycles. The Labute approximate surface area is 54.2 Å². The predicted octanol–water partition coefficient (Wildman–Crippen LogP) is -1.69. The molecule has 0 aliphatic carbocycles. The molecule has 0 aromatic rings. The summed E-state index contributed by atoms with van der Waals surface area (Å²) in [6.45, 7) is 3.45. The van der Waals surface area contributed by atoms with Gasteiger partial charge in [0, 0.05) is 18.8 Å². The van der Waals surface area contributed by atoms with E-state index in [-0.39, 0.29) is 12.5 Å². The van der Waals surface area contributed by atoms with Gasteiger partial charge in [-0.3, -0.25) is 0 Å². The van der Waals surface area contributed by atoms with Crippen LogP contribution in [0.1, 0.15) is 12.8 Å². The van der Waals surface area contributed by atoms with E-state index in [9.17, 15) is 9.90 Å². The molecule has 0 bridgehead atoms. The van der Waals surface area contributed by atoms with Gasteiger partial charge in [-0.15, -0.1) is 6.58 Å². The van der Waals surface area contributed by atoms with Crippen LogP contribution in [0.25, 0.3) is 0 Å². The van der Waals surface area contributed by atoms with Crippen LogP contribution in [0.15, 0.2) is 12.7 Å². The lowest BCUT2D eigenvalue weighted by Gasteiger charge is -2.04. The summed E-state index contributed by atoms with van der Waals surface area (Å²) in [5.41, 5.74) is 3.58. The number of quaternary nitrogens is 1. The first kappa shape index (κ1) is 8.17. The van der Waals surface area contributed by atoms with Crippen LogP contribution in [0.4, 0.5) is 0 Å². The van der Waals surface area contributed by atoms with Gasteiger partial charge in [-0.25, -0.2) is 0 Å². The van der Waals surface area contributed by atoms with E-state index in [1.807, 2.05) is 0 Å². The van der Waals surface area contributed by atoms with E-state index in [0.29, 0.717) is 6.42 Å². The van der Waals surface area contributed by atoms with E-state index in [0.717, 1.165) is 0 Å². The number of hydrogen-bond donors (Lipinski definition) is 1. The molecule has 3 nitrogen and oxygen atoms in total. The third-order valence-corrected chi connectivity index (χ3v) is 0.955. The maximum absolute atomic E-state index is 9.90. The summed E-state index contributed by atoms with van der Waals surface area (Å²) in [4.78, 5) is 9.90. The molecule has 1 atom stereocenters. The van der Waals surface area contributed by atoms with Gasteiger partial charge in [0.1, 0.15) is 0 Å². The van der Waals surface area contributed by atoms with Crippen molar-refractivity contribution in [3.05, 3.63) is 12.7 Å². The number of carboxylic acids is 1. The summed E-state index contributed by atoms with van der Waals surface area (Å²) in [6.07, 6.45) is 2.31. The molecule has 0 aromatic heterocycles. The molecule has 0 heterocycles. The van der Waals surface area contributed by atoms with Crippen LogP contribution in [-0.2, 0) is 4.79 Å². The van der Waals surface area contributed by atoms with Crippen molar-refractivity contribution >= 4 is 5.97 Å².